The number of carboxylic acids is 1. The van der Waals surface area contributed by atoms with E-state index >= 15 is 0 Å². The first-order valence-corrected chi connectivity index (χ1v) is 6.86. The number of rotatable bonds is 2. The van der Waals surface area contributed by atoms with Crippen LogP contribution in [0, 0.1) is 17.3 Å². The van der Waals surface area contributed by atoms with Gasteiger partial charge in [-0.2, -0.15) is 0 Å². The molecule has 98 valence electrons. The van der Waals surface area contributed by atoms with Gasteiger partial charge in [0.05, 0.1) is 5.92 Å². The van der Waals surface area contributed by atoms with Gasteiger partial charge in [-0.1, -0.05) is 33.6 Å². The van der Waals surface area contributed by atoms with Crippen LogP contribution in [-0.2, 0) is 4.79 Å². The standard InChI is InChI=1S/C14H25NO2/c1-14(2,3)11-6-4-5-7-12(11)15-8-10(9-15)13(16)17/h10-12H,4-9H2,1-3H3,(H,16,17). The number of carboxylic acid groups (broad SMARTS) is 1. The predicted octanol–water partition coefficient (Wildman–Crippen LogP) is 2.61. The van der Waals surface area contributed by atoms with E-state index in [9.17, 15) is 4.79 Å². The Morgan fingerprint density at radius 3 is 2.29 bits per heavy atom. The Balaban J connectivity index is 1.97. The van der Waals surface area contributed by atoms with Gasteiger partial charge in [0.25, 0.3) is 0 Å². The average molecular weight is 239 g/mol. The molecule has 0 aromatic heterocycles. The average Bonchev–Trinajstić information content (AvgIpc) is 2.13. The molecule has 17 heavy (non-hydrogen) atoms. The van der Waals surface area contributed by atoms with Crippen molar-refractivity contribution in [3.8, 4) is 0 Å². The molecule has 2 fully saturated rings. The maximum atomic E-state index is 10.9. The van der Waals surface area contributed by atoms with Crippen molar-refractivity contribution in [2.24, 2.45) is 17.3 Å². The molecule has 2 rings (SSSR count). The second-order valence-electron chi connectivity index (χ2n) is 6.81. The lowest BCUT2D eigenvalue weighted by Gasteiger charge is -2.51. The van der Waals surface area contributed by atoms with Crippen LogP contribution in [0.2, 0.25) is 0 Å². The summed E-state index contributed by atoms with van der Waals surface area (Å²) in [7, 11) is 0. The molecule has 1 heterocycles. The molecule has 0 bridgehead atoms. The molecule has 2 aliphatic rings. The van der Waals surface area contributed by atoms with E-state index in [4.69, 9.17) is 5.11 Å². The Morgan fingerprint density at radius 1 is 1.18 bits per heavy atom. The van der Waals surface area contributed by atoms with E-state index in [1.54, 1.807) is 0 Å². The Kier molecular flexibility index (Phi) is 3.48. The van der Waals surface area contributed by atoms with Gasteiger partial charge < -0.3 is 5.11 Å². The van der Waals surface area contributed by atoms with Crippen molar-refractivity contribution in [2.75, 3.05) is 13.1 Å². The summed E-state index contributed by atoms with van der Waals surface area (Å²) < 4.78 is 0. The minimum atomic E-state index is -0.621. The van der Waals surface area contributed by atoms with E-state index in [-0.39, 0.29) is 5.92 Å². The highest BCUT2D eigenvalue weighted by Gasteiger charge is 2.43. The lowest BCUT2D eigenvalue weighted by atomic mass is 9.68. The fourth-order valence-electron chi connectivity index (χ4n) is 3.50. The summed E-state index contributed by atoms with van der Waals surface area (Å²) in [6, 6.07) is 0.624. The summed E-state index contributed by atoms with van der Waals surface area (Å²) in [5.41, 5.74) is 0.347. The summed E-state index contributed by atoms with van der Waals surface area (Å²) in [5.74, 6) is -0.00657. The van der Waals surface area contributed by atoms with E-state index < -0.39 is 5.97 Å². The Bertz CT molecular complexity index is 289. The van der Waals surface area contributed by atoms with Gasteiger partial charge in [0.2, 0.25) is 0 Å². The van der Waals surface area contributed by atoms with E-state index in [1.165, 1.54) is 25.7 Å². The van der Waals surface area contributed by atoms with Crippen molar-refractivity contribution >= 4 is 5.97 Å². The lowest BCUT2D eigenvalue weighted by molar-refractivity contribution is -0.150. The van der Waals surface area contributed by atoms with Gasteiger partial charge in [-0.15, -0.1) is 0 Å². The third-order valence-corrected chi connectivity index (χ3v) is 4.57. The topological polar surface area (TPSA) is 40.5 Å². The minimum Gasteiger partial charge on any atom is -0.481 e. The van der Waals surface area contributed by atoms with Gasteiger partial charge in [0.15, 0.2) is 0 Å². The lowest BCUT2D eigenvalue weighted by Crippen LogP contribution is -2.58. The second kappa shape index (κ2) is 4.60. The van der Waals surface area contributed by atoms with Gasteiger partial charge >= 0.3 is 5.97 Å². The van der Waals surface area contributed by atoms with Crippen LogP contribution in [0.4, 0.5) is 0 Å². The van der Waals surface area contributed by atoms with Crippen LogP contribution >= 0.6 is 0 Å². The molecule has 3 nitrogen and oxygen atoms in total. The molecule has 0 aromatic carbocycles. The largest absolute Gasteiger partial charge is 0.481 e. The third kappa shape index (κ3) is 2.65. The molecule has 0 amide bonds. The molecule has 1 aliphatic heterocycles. The highest BCUT2D eigenvalue weighted by atomic mass is 16.4. The molecule has 2 unspecified atom stereocenters. The van der Waals surface area contributed by atoms with Gasteiger partial charge in [-0.3, -0.25) is 9.69 Å². The number of nitrogens with zero attached hydrogens (tertiary/aromatic N) is 1. The number of likely N-dealkylation sites (tertiary alicyclic amines) is 1. The highest BCUT2D eigenvalue weighted by Crippen LogP contribution is 2.42. The van der Waals surface area contributed by atoms with Crippen molar-refractivity contribution in [3.63, 3.8) is 0 Å². The molecule has 2 atom stereocenters. The Hall–Kier alpha value is -0.570. The highest BCUT2D eigenvalue weighted by molar-refractivity contribution is 5.71. The predicted molar refractivity (Wildman–Crippen MR) is 67.9 cm³/mol. The van der Waals surface area contributed by atoms with Crippen molar-refractivity contribution in [3.05, 3.63) is 0 Å². The molecule has 1 saturated heterocycles. The molecule has 0 spiro atoms. The fraction of sp³-hybridized carbons (Fsp3) is 0.929. The van der Waals surface area contributed by atoms with Gasteiger partial charge in [0.1, 0.15) is 0 Å². The summed E-state index contributed by atoms with van der Waals surface area (Å²) in [6.45, 7) is 8.51. The SMILES string of the molecule is CC(C)(C)C1CCCCC1N1CC(C(=O)O)C1. The molecular formula is C14H25NO2. The second-order valence-corrected chi connectivity index (χ2v) is 6.81. The van der Waals surface area contributed by atoms with Crippen LogP contribution < -0.4 is 0 Å². The number of hydrogen-bond donors (Lipinski definition) is 1. The zero-order chi connectivity index (χ0) is 12.6. The van der Waals surface area contributed by atoms with Crippen molar-refractivity contribution in [1.29, 1.82) is 0 Å². The van der Waals surface area contributed by atoms with Crippen LogP contribution in [0.1, 0.15) is 46.5 Å². The van der Waals surface area contributed by atoms with E-state index in [2.05, 4.69) is 25.7 Å². The van der Waals surface area contributed by atoms with Crippen molar-refractivity contribution in [2.45, 2.75) is 52.5 Å². The zero-order valence-corrected chi connectivity index (χ0v) is 11.3. The van der Waals surface area contributed by atoms with E-state index in [1.807, 2.05) is 0 Å². The van der Waals surface area contributed by atoms with Gasteiger partial charge in [-0.05, 0) is 24.2 Å². The summed E-state index contributed by atoms with van der Waals surface area (Å²) >= 11 is 0. The van der Waals surface area contributed by atoms with Crippen LogP contribution in [0.5, 0.6) is 0 Å². The van der Waals surface area contributed by atoms with Crippen LogP contribution in [0.3, 0.4) is 0 Å². The quantitative estimate of drug-likeness (QED) is 0.805. The van der Waals surface area contributed by atoms with Crippen LogP contribution in [0.15, 0.2) is 0 Å². The number of carbonyl (C=O) groups is 1. The van der Waals surface area contributed by atoms with Crippen LogP contribution in [0.25, 0.3) is 0 Å². The first-order chi connectivity index (χ1) is 7.89. The minimum absolute atomic E-state index is 0.113. The monoisotopic (exact) mass is 239 g/mol. The van der Waals surface area contributed by atoms with Gasteiger partial charge in [0, 0.05) is 19.1 Å². The normalized spacial score (nSPS) is 32.2. The van der Waals surface area contributed by atoms with Gasteiger partial charge in [-0.25, -0.2) is 0 Å². The number of aliphatic carboxylic acids is 1. The van der Waals surface area contributed by atoms with E-state index in [0.717, 1.165) is 19.0 Å². The molecule has 1 N–H and O–H groups in total. The molecular weight excluding hydrogens is 214 g/mol. The summed E-state index contributed by atoms with van der Waals surface area (Å²) in [4.78, 5) is 13.3. The molecule has 0 aromatic rings. The van der Waals surface area contributed by atoms with Crippen LogP contribution in [-0.4, -0.2) is 35.1 Å². The summed E-state index contributed by atoms with van der Waals surface area (Å²) in [5, 5.41) is 8.95. The Labute approximate surface area is 104 Å². The summed E-state index contributed by atoms with van der Waals surface area (Å²) in [6.07, 6.45) is 5.22. The maximum Gasteiger partial charge on any atom is 0.309 e. The third-order valence-electron chi connectivity index (χ3n) is 4.57. The first-order valence-electron chi connectivity index (χ1n) is 6.86. The van der Waals surface area contributed by atoms with Crippen molar-refractivity contribution in [1.82, 2.24) is 4.90 Å². The molecule has 3 heteroatoms. The first kappa shape index (κ1) is 12.9. The smallest absolute Gasteiger partial charge is 0.309 e. The molecule has 1 aliphatic carbocycles. The number of hydrogen-bond acceptors (Lipinski definition) is 2. The molecule has 0 radical (unpaired) electrons. The molecule has 1 saturated carbocycles. The zero-order valence-electron chi connectivity index (χ0n) is 11.3. The maximum absolute atomic E-state index is 10.9. The van der Waals surface area contributed by atoms with E-state index in [0.29, 0.717) is 11.5 Å². The van der Waals surface area contributed by atoms with Crippen molar-refractivity contribution < 1.29 is 9.90 Å². The Morgan fingerprint density at radius 2 is 1.76 bits per heavy atom. The fourth-order valence-corrected chi connectivity index (χ4v) is 3.50.